The lowest BCUT2D eigenvalue weighted by atomic mass is 10.2. The standard InChI is InChI=1S/C12H17N3O2/c1-15-6-5-10(12(15)16)13-7-9-3-4-11(17-2)14-8-9/h3-4,8,10,13H,5-7H2,1-2H3. The Balaban J connectivity index is 1.87. The number of carbonyl (C=O) groups excluding carboxylic acids is 1. The molecule has 0 radical (unpaired) electrons. The van der Waals surface area contributed by atoms with Crippen molar-refractivity contribution in [2.45, 2.75) is 19.0 Å². The van der Waals surface area contributed by atoms with Gasteiger partial charge >= 0.3 is 0 Å². The van der Waals surface area contributed by atoms with Crippen LogP contribution in [0.1, 0.15) is 12.0 Å². The molecule has 1 aromatic heterocycles. The van der Waals surface area contributed by atoms with E-state index in [1.807, 2.05) is 19.2 Å². The molecule has 0 spiro atoms. The van der Waals surface area contributed by atoms with Crippen LogP contribution < -0.4 is 10.1 Å². The van der Waals surface area contributed by atoms with E-state index in [4.69, 9.17) is 4.74 Å². The van der Waals surface area contributed by atoms with E-state index in [1.54, 1.807) is 18.2 Å². The fourth-order valence-corrected chi connectivity index (χ4v) is 1.89. The van der Waals surface area contributed by atoms with E-state index in [0.29, 0.717) is 12.4 Å². The van der Waals surface area contributed by atoms with Gasteiger partial charge in [-0.25, -0.2) is 4.98 Å². The number of hydrogen-bond donors (Lipinski definition) is 1. The Morgan fingerprint density at radius 3 is 2.94 bits per heavy atom. The number of amides is 1. The molecule has 92 valence electrons. The van der Waals surface area contributed by atoms with E-state index in [-0.39, 0.29) is 11.9 Å². The number of likely N-dealkylation sites (tertiary alicyclic amines) is 1. The molecule has 2 rings (SSSR count). The topological polar surface area (TPSA) is 54.5 Å². The maximum Gasteiger partial charge on any atom is 0.239 e. The predicted octanol–water partition coefficient (Wildman–Crippen LogP) is 0.410. The molecule has 1 saturated heterocycles. The Kier molecular flexibility index (Phi) is 3.58. The summed E-state index contributed by atoms with van der Waals surface area (Å²) < 4.78 is 4.99. The van der Waals surface area contributed by atoms with Crippen molar-refractivity contribution in [2.75, 3.05) is 20.7 Å². The van der Waals surface area contributed by atoms with Crippen molar-refractivity contribution in [1.82, 2.24) is 15.2 Å². The minimum absolute atomic E-state index is 0.0536. The molecule has 1 aliphatic heterocycles. The Morgan fingerprint density at radius 1 is 1.59 bits per heavy atom. The van der Waals surface area contributed by atoms with Crippen LogP contribution in [0.15, 0.2) is 18.3 Å². The van der Waals surface area contributed by atoms with E-state index >= 15 is 0 Å². The van der Waals surface area contributed by atoms with Crippen LogP contribution in [-0.4, -0.2) is 42.5 Å². The monoisotopic (exact) mass is 235 g/mol. The average Bonchev–Trinajstić information content (AvgIpc) is 2.68. The first-order valence-corrected chi connectivity index (χ1v) is 5.68. The largest absolute Gasteiger partial charge is 0.481 e. The maximum absolute atomic E-state index is 11.7. The molecule has 2 heterocycles. The quantitative estimate of drug-likeness (QED) is 0.821. The summed E-state index contributed by atoms with van der Waals surface area (Å²) in [5, 5.41) is 3.24. The molecule has 1 aromatic rings. The van der Waals surface area contributed by atoms with Crippen LogP contribution in [0.3, 0.4) is 0 Å². The van der Waals surface area contributed by atoms with Gasteiger partial charge in [-0.1, -0.05) is 6.07 Å². The molecular weight excluding hydrogens is 218 g/mol. The van der Waals surface area contributed by atoms with E-state index in [2.05, 4.69) is 10.3 Å². The summed E-state index contributed by atoms with van der Waals surface area (Å²) in [6, 6.07) is 3.71. The summed E-state index contributed by atoms with van der Waals surface area (Å²) in [5.41, 5.74) is 1.05. The Hall–Kier alpha value is -1.62. The lowest BCUT2D eigenvalue weighted by molar-refractivity contribution is -0.128. The number of rotatable bonds is 4. The van der Waals surface area contributed by atoms with Gasteiger partial charge in [-0.2, -0.15) is 0 Å². The molecule has 1 fully saturated rings. The normalized spacial score (nSPS) is 19.8. The first-order chi connectivity index (χ1) is 8.20. The molecule has 17 heavy (non-hydrogen) atoms. The third kappa shape index (κ3) is 2.74. The number of hydrogen-bond acceptors (Lipinski definition) is 4. The third-order valence-corrected chi connectivity index (χ3v) is 2.99. The van der Waals surface area contributed by atoms with Crippen molar-refractivity contribution < 1.29 is 9.53 Å². The number of likely N-dealkylation sites (N-methyl/N-ethyl adjacent to an activating group) is 1. The maximum atomic E-state index is 11.7. The fraction of sp³-hybridized carbons (Fsp3) is 0.500. The Labute approximate surface area is 101 Å². The van der Waals surface area contributed by atoms with Gasteiger partial charge in [-0.05, 0) is 12.0 Å². The van der Waals surface area contributed by atoms with Crippen molar-refractivity contribution in [3.05, 3.63) is 23.9 Å². The number of carbonyl (C=O) groups is 1. The highest BCUT2D eigenvalue weighted by molar-refractivity contribution is 5.83. The summed E-state index contributed by atoms with van der Waals surface area (Å²) in [5.74, 6) is 0.775. The van der Waals surface area contributed by atoms with Gasteiger partial charge < -0.3 is 15.0 Å². The third-order valence-electron chi connectivity index (χ3n) is 2.99. The number of nitrogens with one attached hydrogen (secondary N) is 1. The fourth-order valence-electron chi connectivity index (χ4n) is 1.89. The molecule has 1 aliphatic rings. The summed E-state index contributed by atoms with van der Waals surface area (Å²) in [7, 11) is 3.42. The summed E-state index contributed by atoms with van der Waals surface area (Å²) in [4.78, 5) is 17.5. The lowest BCUT2D eigenvalue weighted by Crippen LogP contribution is -2.36. The van der Waals surface area contributed by atoms with Crippen molar-refractivity contribution in [3.63, 3.8) is 0 Å². The highest BCUT2D eigenvalue weighted by atomic mass is 16.5. The van der Waals surface area contributed by atoms with E-state index in [1.165, 1.54) is 0 Å². The van der Waals surface area contributed by atoms with Crippen LogP contribution in [0.25, 0.3) is 0 Å². The molecule has 1 atom stereocenters. The van der Waals surface area contributed by atoms with Crippen molar-refractivity contribution >= 4 is 5.91 Å². The van der Waals surface area contributed by atoms with Gasteiger partial charge in [0.2, 0.25) is 11.8 Å². The SMILES string of the molecule is COc1ccc(CNC2CCN(C)C2=O)cn1. The molecule has 1 N–H and O–H groups in total. The second-order valence-electron chi connectivity index (χ2n) is 4.19. The first kappa shape index (κ1) is 11.9. The average molecular weight is 235 g/mol. The molecule has 0 bridgehead atoms. The number of methoxy groups -OCH3 is 1. The second-order valence-corrected chi connectivity index (χ2v) is 4.19. The molecule has 0 saturated carbocycles. The minimum atomic E-state index is -0.0536. The van der Waals surface area contributed by atoms with Gasteiger partial charge in [0.15, 0.2) is 0 Å². The molecule has 5 nitrogen and oxygen atoms in total. The summed E-state index contributed by atoms with van der Waals surface area (Å²) in [6.07, 6.45) is 2.63. The second kappa shape index (κ2) is 5.14. The van der Waals surface area contributed by atoms with Crippen LogP contribution >= 0.6 is 0 Å². The highest BCUT2D eigenvalue weighted by Crippen LogP contribution is 2.10. The van der Waals surface area contributed by atoms with Gasteiger partial charge in [0.05, 0.1) is 13.2 Å². The van der Waals surface area contributed by atoms with E-state index in [9.17, 15) is 4.79 Å². The van der Waals surface area contributed by atoms with Gasteiger partial charge in [0.25, 0.3) is 0 Å². The van der Waals surface area contributed by atoms with E-state index in [0.717, 1.165) is 18.5 Å². The van der Waals surface area contributed by atoms with Crippen LogP contribution in [0.5, 0.6) is 5.88 Å². The summed E-state index contributed by atoms with van der Waals surface area (Å²) >= 11 is 0. The number of aromatic nitrogens is 1. The Morgan fingerprint density at radius 2 is 2.41 bits per heavy atom. The van der Waals surface area contributed by atoms with Crippen molar-refractivity contribution in [1.29, 1.82) is 0 Å². The Bertz CT molecular complexity index is 391. The van der Waals surface area contributed by atoms with Crippen molar-refractivity contribution in [2.24, 2.45) is 0 Å². The minimum Gasteiger partial charge on any atom is -0.481 e. The van der Waals surface area contributed by atoms with Crippen LogP contribution in [0.4, 0.5) is 0 Å². The molecule has 1 unspecified atom stereocenters. The predicted molar refractivity (Wildman–Crippen MR) is 63.7 cm³/mol. The molecule has 5 heteroatoms. The van der Waals surface area contributed by atoms with E-state index < -0.39 is 0 Å². The molecular formula is C12H17N3O2. The van der Waals surface area contributed by atoms with Crippen LogP contribution in [0.2, 0.25) is 0 Å². The van der Waals surface area contributed by atoms with Gasteiger partial charge in [0.1, 0.15) is 0 Å². The smallest absolute Gasteiger partial charge is 0.239 e. The number of pyridine rings is 1. The lowest BCUT2D eigenvalue weighted by Gasteiger charge is -2.12. The summed E-state index contributed by atoms with van der Waals surface area (Å²) in [6.45, 7) is 1.48. The molecule has 1 amide bonds. The van der Waals surface area contributed by atoms with Gasteiger partial charge in [-0.15, -0.1) is 0 Å². The zero-order valence-electron chi connectivity index (χ0n) is 10.1. The molecule has 0 aliphatic carbocycles. The van der Waals surface area contributed by atoms with Crippen LogP contribution in [-0.2, 0) is 11.3 Å². The molecule has 0 aromatic carbocycles. The zero-order valence-corrected chi connectivity index (χ0v) is 10.1. The number of nitrogens with zero attached hydrogens (tertiary/aromatic N) is 2. The van der Waals surface area contributed by atoms with Crippen molar-refractivity contribution in [3.8, 4) is 5.88 Å². The van der Waals surface area contributed by atoms with Crippen LogP contribution in [0, 0.1) is 0 Å². The van der Waals surface area contributed by atoms with Gasteiger partial charge in [-0.3, -0.25) is 4.79 Å². The highest BCUT2D eigenvalue weighted by Gasteiger charge is 2.28. The number of ether oxygens (including phenoxy) is 1. The zero-order chi connectivity index (χ0) is 12.3. The van der Waals surface area contributed by atoms with Gasteiger partial charge in [0, 0.05) is 32.4 Å². The first-order valence-electron chi connectivity index (χ1n) is 5.68.